The lowest BCUT2D eigenvalue weighted by molar-refractivity contribution is -0.0221. The van der Waals surface area contributed by atoms with Crippen LogP contribution in [0.1, 0.15) is 59.9 Å². The molecule has 0 bridgehead atoms. The van der Waals surface area contributed by atoms with Crippen LogP contribution in [0.3, 0.4) is 0 Å². The molecule has 39 heavy (non-hydrogen) atoms. The first kappa shape index (κ1) is 29.2. The monoisotopic (exact) mass is 565 g/mol. The topological polar surface area (TPSA) is 97.3 Å². The molecule has 1 N–H and O–H groups in total. The van der Waals surface area contributed by atoms with Crippen molar-refractivity contribution in [2.45, 2.75) is 51.2 Å². The third kappa shape index (κ3) is 6.50. The highest BCUT2D eigenvalue weighted by Crippen LogP contribution is 2.37. The molecule has 0 saturated carbocycles. The lowest BCUT2D eigenvalue weighted by Gasteiger charge is -2.23. The molecule has 0 spiro atoms. The first-order valence-electron chi connectivity index (χ1n) is 12.8. The molecule has 3 heterocycles. The van der Waals surface area contributed by atoms with Crippen LogP contribution in [0.5, 0.6) is 0 Å². The molecule has 1 unspecified atom stereocenters. The Bertz CT molecular complexity index is 1470. The number of hydrogen-bond donors (Lipinski definition) is 1. The van der Waals surface area contributed by atoms with E-state index in [1.807, 2.05) is 13.0 Å². The number of methoxy groups -OCH3 is 1. The van der Waals surface area contributed by atoms with Crippen molar-refractivity contribution < 1.29 is 26.3 Å². The molecule has 3 aromatic rings. The number of nitrogens with one attached hydrogen (secondary N) is 1. The maximum absolute atomic E-state index is 15.5. The average molecular weight is 566 g/mol. The number of aromatic nitrogens is 3. The Morgan fingerprint density at radius 1 is 1.23 bits per heavy atom. The fourth-order valence-electron chi connectivity index (χ4n) is 4.91. The number of ether oxygens (including phenoxy) is 1. The second kappa shape index (κ2) is 11.3. The molecular formula is C27H34F3N5O3S. The molecule has 0 aliphatic carbocycles. The highest BCUT2D eigenvalue weighted by atomic mass is 32.2. The smallest absolute Gasteiger partial charge is 0.277 e. The molecule has 1 fully saturated rings. The lowest BCUT2D eigenvalue weighted by Crippen LogP contribution is -2.24. The number of pyridine rings is 1. The van der Waals surface area contributed by atoms with E-state index in [2.05, 4.69) is 20.3 Å². The summed E-state index contributed by atoms with van der Waals surface area (Å²) in [4.78, 5) is 15.3. The fraction of sp³-hybridized carbons (Fsp3) is 0.519. The molecule has 4 rings (SSSR count). The number of anilines is 1. The van der Waals surface area contributed by atoms with Crippen LogP contribution in [-0.2, 0) is 27.1 Å². The first-order chi connectivity index (χ1) is 18.3. The van der Waals surface area contributed by atoms with Crippen molar-refractivity contribution in [2.75, 3.05) is 44.6 Å². The van der Waals surface area contributed by atoms with Crippen molar-refractivity contribution in [3.8, 4) is 0 Å². The molecule has 2 atom stereocenters. The largest absolute Gasteiger partial charge is 0.377 e. The molecule has 8 nitrogen and oxygen atoms in total. The van der Waals surface area contributed by atoms with Gasteiger partial charge >= 0.3 is 0 Å². The minimum Gasteiger partial charge on any atom is -0.377 e. The number of aryl methyl sites for hydroxylation is 1. The minimum absolute atomic E-state index is 0.0445. The van der Waals surface area contributed by atoms with Gasteiger partial charge in [-0.15, -0.1) is 0 Å². The number of sulfone groups is 1. The van der Waals surface area contributed by atoms with E-state index in [1.165, 1.54) is 19.2 Å². The predicted octanol–water partition coefficient (Wildman–Crippen LogP) is 4.74. The molecule has 12 heteroatoms. The number of halogens is 3. The maximum Gasteiger partial charge on any atom is 0.277 e. The third-order valence-electron chi connectivity index (χ3n) is 7.02. The summed E-state index contributed by atoms with van der Waals surface area (Å²) >= 11 is 0. The second-order valence-electron chi connectivity index (χ2n) is 10.4. The van der Waals surface area contributed by atoms with Crippen LogP contribution in [-0.4, -0.2) is 67.5 Å². The maximum atomic E-state index is 15.5. The van der Waals surface area contributed by atoms with Gasteiger partial charge in [0, 0.05) is 37.3 Å². The summed E-state index contributed by atoms with van der Waals surface area (Å²) in [5, 5.41) is 3.69. The molecule has 212 valence electrons. The highest BCUT2D eigenvalue weighted by Gasteiger charge is 2.36. The number of alkyl halides is 2. The van der Waals surface area contributed by atoms with Crippen molar-refractivity contribution in [2.24, 2.45) is 0 Å². The van der Waals surface area contributed by atoms with Crippen molar-refractivity contribution in [1.82, 2.24) is 19.9 Å². The van der Waals surface area contributed by atoms with Gasteiger partial charge < -0.3 is 15.0 Å². The standard InChI is InChI=1S/C27H34F3N5O3S/c1-16(19-7-6-8-22(24(19)28)27(29,30)10-11-35(3)4)31-25-21-13-20(18-9-12-39(36,37)15-18)17(2)32-26(21)34-23(33-25)14-38-5/h6-8,13,16,18H,9-12,14-15H2,1-5H3,(H,31,32,33,34)/t16-,18?/m1/s1. The van der Waals surface area contributed by atoms with E-state index in [1.54, 1.807) is 25.9 Å². The Morgan fingerprint density at radius 2 is 1.97 bits per heavy atom. The Balaban J connectivity index is 1.73. The molecule has 0 radical (unpaired) electrons. The molecular weight excluding hydrogens is 531 g/mol. The van der Waals surface area contributed by atoms with Crippen LogP contribution in [0, 0.1) is 12.7 Å². The number of nitrogens with zero attached hydrogens (tertiary/aromatic N) is 4. The summed E-state index contributed by atoms with van der Waals surface area (Å²) in [6.07, 6.45) is -0.0119. The fourth-order valence-corrected chi connectivity index (χ4v) is 6.68. The quantitative estimate of drug-likeness (QED) is 0.377. The number of rotatable bonds is 10. The molecule has 1 aromatic carbocycles. The zero-order valence-electron chi connectivity index (χ0n) is 22.8. The van der Waals surface area contributed by atoms with Crippen molar-refractivity contribution >= 4 is 26.7 Å². The summed E-state index contributed by atoms with van der Waals surface area (Å²) in [5.41, 5.74) is 1.25. The number of benzene rings is 1. The van der Waals surface area contributed by atoms with Gasteiger partial charge in [-0.3, -0.25) is 0 Å². The molecule has 1 aliphatic heterocycles. The predicted molar refractivity (Wildman–Crippen MR) is 144 cm³/mol. The van der Waals surface area contributed by atoms with Crippen LogP contribution in [0.15, 0.2) is 24.3 Å². The zero-order chi connectivity index (χ0) is 28.5. The van der Waals surface area contributed by atoms with Crippen LogP contribution in [0.4, 0.5) is 19.0 Å². The lowest BCUT2D eigenvalue weighted by atomic mass is 9.96. The van der Waals surface area contributed by atoms with Crippen LogP contribution < -0.4 is 5.32 Å². The second-order valence-corrected chi connectivity index (χ2v) is 12.6. The van der Waals surface area contributed by atoms with Gasteiger partial charge in [-0.2, -0.15) is 0 Å². The Kier molecular flexibility index (Phi) is 8.48. The van der Waals surface area contributed by atoms with Crippen molar-refractivity contribution in [1.29, 1.82) is 0 Å². The minimum atomic E-state index is -3.34. The Labute approximate surface area is 226 Å². The molecule has 2 aromatic heterocycles. The van der Waals surface area contributed by atoms with E-state index in [0.29, 0.717) is 34.8 Å². The van der Waals surface area contributed by atoms with E-state index >= 15 is 4.39 Å². The van der Waals surface area contributed by atoms with Crippen LogP contribution in [0.2, 0.25) is 0 Å². The van der Waals surface area contributed by atoms with Crippen molar-refractivity contribution in [3.63, 3.8) is 0 Å². The van der Waals surface area contributed by atoms with Gasteiger partial charge in [-0.25, -0.2) is 36.5 Å². The van der Waals surface area contributed by atoms with Gasteiger partial charge in [0.15, 0.2) is 21.3 Å². The van der Waals surface area contributed by atoms with Crippen LogP contribution in [0.25, 0.3) is 11.0 Å². The summed E-state index contributed by atoms with van der Waals surface area (Å²) in [5.74, 6) is -3.67. The van der Waals surface area contributed by atoms with Crippen LogP contribution >= 0.6 is 0 Å². The summed E-state index contributed by atoms with van der Waals surface area (Å²) in [6.45, 7) is 3.68. The van der Waals surface area contributed by atoms with E-state index in [0.717, 1.165) is 11.6 Å². The van der Waals surface area contributed by atoms with Gasteiger partial charge in [0.05, 0.1) is 28.5 Å². The Hall–Kier alpha value is -2.83. The average Bonchev–Trinajstić information content (AvgIpc) is 3.21. The van der Waals surface area contributed by atoms with Gasteiger partial charge in [0.1, 0.15) is 18.2 Å². The van der Waals surface area contributed by atoms with Gasteiger partial charge in [-0.1, -0.05) is 18.2 Å². The molecule has 1 aliphatic rings. The van der Waals surface area contributed by atoms with E-state index < -0.39 is 39.6 Å². The summed E-state index contributed by atoms with van der Waals surface area (Å²) in [7, 11) is 1.76. The summed E-state index contributed by atoms with van der Waals surface area (Å²) in [6, 6.07) is 5.10. The highest BCUT2D eigenvalue weighted by molar-refractivity contribution is 7.91. The zero-order valence-corrected chi connectivity index (χ0v) is 23.6. The molecule has 0 amide bonds. The summed E-state index contributed by atoms with van der Waals surface area (Å²) < 4.78 is 74.7. The first-order valence-corrected chi connectivity index (χ1v) is 14.6. The number of hydrogen-bond acceptors (Lipinski definition) is 8. The van der Waals surface area contributed by atoms with Gasteiger partial charge in [0.25, 0.3) is 5.92 Å². The molecule has 1 saturated heterocycles. The van der Waals surface area contributed by atoms with E-state index in [9.17, 15) is 17.2 Å². The van der Waals surface area contributed by atoms with Gasteiger partial charge in [0.2, 0.25) is 0 Å². The van der Waals surface area contributed by atoms with E-state index in [-0.39, 0.29) is 36.1 Å². The Morgan fingerprint density at radius 3 is 2.62 bits per heavy atom. The SMILES string of the molecule is COCc1nc(N[C@H](C)c2cccc(C(F)(F)CCN(C)C)c2F)c2cc(C3CCS(=O)(=O)C3)c(C)nc2n1. The number of fused-ring (bicyclic) bond motifs is 1. The third-order valence-corrected chi connectivity index (χ3v) is 8.79. The van der Waals surface area contributed by atoms with Crippen molar-refractivity contribution in [3.05, 3.63) is 58.3 Å². The van der Waals surface area contributed by atoms with E-state index in [4.69, 9.17) is 4.74 Å². The van der Waals surface area contributed by atoms with Gasteiger partial charge in [-0.05, 0) is 46.0 Å². The normalized spacial score (nSPS) is 18.1.